The van der Waals surface area contributed by atoms with E-state index in [1.165, 1.54) is 7.11 Å². The van der Waals surface area contributed by atoms with E-state index in [2.05, 4.69) is 5.32 Å². The lowest BCUT2D eigenvalue weighted by Crippen LogP contribution is -2.53. The van der Waals surface area contributed by atoms with Crippen molar-refractivity contribution >= 4 is 23.6 Å². The molecule has 1 saturated heterocycles. The van der Waals surface area contributed by atoms with Crippen LogP contribution in [0.5, 0.6) is 0 Å². The zero-order valence-corrected chi connectivity index (χ0v) is 19.9. The maximum absolute atomic E-state index is 12.9. The summed E-state index contributed by atoms with van der Waals surface area (Å²) in [6.45, 7) is 8.50. The highest BCUT2D eigenvalue weighted by molar-refractivity contribution is 6.00. The Balaban J connectivity index is 1.87. The topological polar surface area (TPSA) is 127 Å². The van der Waals surface area contributed by atoms with E-state index in [0.717, 1.165) is 5.56 Å². The number of amides is 2. The molecule has 2 aliphatic rings. The Kier molecular flexibility index (Phi) is 8.17. The van der Waals surface area contributed by atoms with Gasteiger partial charge in [0.1, 0.15) is 0 Å². The maximum Gasteiger partial charge on any atom is 0.414 e. The summed E-state index contributed by atoms with van der Waals surface area (Å²) in [5.74, 6) is -0.0269. The van der Waals surface area contributed by atoms with Gasteiger partial charge in [0.25, 0.3) is 0 Å². The normalized spacial score (nSPS) is 20.2. The predicted molar refractivity (Wildman–Crippen MR) is 125 cm³/mol. The van der Waals surface area contributed by atoms with Crippen LogP contribution in [0.3, 0.4) is 0 Å². The number of aliphatic hydroxyl groups is 1. The number of nitrogens with two attached hydrogens (primary N) is 1. The minimum absolute atomic E-state index is 0.0269. The van der Waals surface area contributed by atoms with Crippen molar-refractivity contribution in [2.24, 2.45) is 11.1 Å². The monoisotopic (exact) mass is 464 g/mol. The van der Waals surface area contributed by atoms with Crippen LogP contribution in [-0.2, 0) is 14.2 Å². The first-order valence-electron chi connectivity index (χ1n) is 11.3. The van der Waals surface area contributed by atoms with Gasteiger partial charge in [0.2, 0.25) is 0 Å². The summed E-state index contributed by atoms with van der Waals surface area (Å²) in [5, 5.41) is 13.0. The molecule has 2 amide bonds. The number of fused-ring (bicyclic) bond motifs is 1. The third kappa shape index (κ3) is 5.40. The minimum Gasteiger partial charge on any atom is -0.452 e. The number of nitrogens with zero attached hydrogens (tertiary/aromatic N) is 2. The Hall–Kier alpha value is -2.40. The summed E-state index contributed by atoms with van der Waals surface area (Å²) in [4.78, 5) is 28.5. The molecule has 184 valence electrons. The van der Waals surface area contributed by atoms with Gasteiger partial charge in [-0.1, -0.05) is 6.07 Å². The van der Waals surface area contributed by atoms with Crippen molar-refractivity contribution in [1.29, 1.82) is 0 Å². The second-order valence-electron chi connectivity index (χ2n) is 9.19. The molecule has 10 heteroatoms. The van der Waals surface area contributed by atoms with E-state index in [0.29, 0.717) is 44.2 Å². The van der Waals surface area contributed by atoms with E-state index in [-0.39, 0.29) is 36.6 Å². The number of nitrogens with one attached hydrogen (secondary N) is 1. The highest BCUT2D eigenvalue weighted by Crippen LogP contribution is 2.38. The Morgan fingerprint density at radius 3 is 2.58 bits per heavy atom. The zero-order chi connectivity index (χ0) is 24.2. The van der Waals surface area contributed by atoms with Crippen LogP contribution < -0.4 is 20.9 Å². The summed E-state index contributed by atoms with van der Waals surface area (Å²) in [5.41, 5.74) is 7.96. The summed E-state index contributed by atoms with van der Waals surface area (Å²) in [6.07, 6.45) is -1.21. The molecule has 33 heavy (non-hydrogen) atoms. The van der Waals surface area contributed by atoms with E-state index < -0.39 is 12.2 Å². The van der Waals surface area contributed by atoms with E-state index in [9.17, 15) is 14.7 Å². The first-order chi connectivity index (χ1) is 15.7. The van der Waals surface area contributed by atoms with Crippen LogP contribution in [-0.4, -0.2) is 82.5 Å². The van der Waals surface area contributed by atoms with Gasteiger partial charge >= 0.3 is 12.2 Å². The Morgan fingerprint density at radius 2 is 2.03 bits per heavy atom. The largest absolute Gasteiger partial charge is 0.452 e. The molecule has 0 saturated carbocycles. The number of benzene rings is 1. The average Bonchev–Trinajstić information content (AvgIpc) is 2.76. The van der Waals surface area contributed by atoms with E-state index >= 15 is 0 Å². The van der Waals surface area contributed by atoms with Crippen LogP contribution in [0.1, 0.15) is 32.3 Å². The molecule has 1 fully saturated rings. The molecule has 3 rings (SSSR count). The molecule has 2 heterocycles. The van der Waals surface area contributed by atoms with Gasteiger partial charge in [-0.2, -0.15) is 0 Å². The van der Waals surface area contributed by atoms with Crippen LogP contribution >= 0.6 is 0 Å². The number of aliphatic hydroxyl groups excluding tert-OH is 1. The third-order valence-corrected chi connectivity index (χ3v) is 6.16. The van der Waals surface area contributed by atoms with Crippen LogP contribution in [0.4, 0.5) is 21.0 Å². The molecule has 0 spiro atoms. The molecule has 0 radical (unpaired) electrons. The van der Waals surface area contributed by atoms with Gasteiger partial charge in [0.15, 0.2) is 0 Å². The van der Waals surface area contributed by atoms with Crippen LogP contribution in [0.25, 0.3) is 0 Å². The molecule has 1 aromatic carbocycles. The Labute approximate surface area is 194 Å². The van der Waals surface area contributed by atoms with E-state index in [1.807, 2.05) is 25.1 Å². The lowest BCUT2D eigenvalue weighted by molar-refractivity contribution is -0.134. The predicted octanol–water partition coefficient (Wildman–Crippen LogP) is 1.65. The Morgan fingerprint density at radius 1 is 1.30 bits per heavy atom. The molecule has 0 aliphatic carbocycles. The molecule has 2 aliphatic heterocycles. The fraction of sp³-hybridized carbons (Fsp3) is 0.652. The third-order valence-electron chi connectivity index (χ3n) is 6.16. The minimum atomic E-state index is -0.484. The van der Waals surface area contributed by atoms with Crippen molar-refractivity contribution in [2.75, 3.05) is 62.9 Å². The maximum atomic E-state index is 12.9. The van der Waals surface area contributed by atoms with Crippen molar-refractivity contribution < 1.29 is 28.9 Å². The van der Waals surface area contributed by atoms with Gasteiger partial charge in [0, 0.05) is 25.6 Å². The fourth-order valence-corrected chi connectivity index (χ4v) is 4.20. The quantitative estimate of drug-likeness (QED) is 0.530. The number of carbonyl (C=O) groups is 2. The second kappa shape index (κ2) is 10.7. The Bertz CT molecular complexity index is 839. The summed E-state index contributed by atoms with van der Waals surface area (Å²) in [7, 11) is 1.34. The highest BCUT2D eigenvalue weighted by Gasteiger charge is 2.38. The molecular formula is C23H36N4O6. The lowest BCUT2D eigenvalue weighted by Gasteiger charge is -2.41. The number of carbonyl (C=O) groups excluding carboxylic acids is 2. The molecular weight excluding hydrogens is 428 g/mol. The molecule has 2 atom stereocenters. The highest BCUT2D eigenvalue weighted by atomic mass is 16.6. The molecule has 10 nitrogen and oxygen atoms in total. The van der Waals surface area contributed by atoms with Gasteiger partial charge < -0.3 is 30.4 Å². The van der Waals surface area contributed by atoms with Crippen molar-refractivity contribution in [2.45, 2.75) is 38.8 Å². The number of rotatable bonds is 8. The number of hydrogen-bond acceptors (Lipinski definition) is 8. The van der Waals surface area contributed by atoms with E-state index in [4.69, 9.17) is 19.9 Å². The second-order valence-corrected chi connectivity index (χ2v) is 9.19. The van der Waals surface area contributed by atoms with Crippen molar-refractivity contribution in [3.8, 4) is 0 Å². The first-order valence-corrected chi connectivity index (χ1v) is 11.3. The smallest absolute Gasteiger partial charge is 0.414 e. The first kappa shape index (κ1) is 25.2. The lowest BCUT2D eigenvalue weighted by atomic mass is 9.86. The molecule has 0 aromatic heterocycles. The van der Waals surface area contributed by atoms with Crippen molar-refractivity contribution in [1.82, 2.24) is 5.32 Å². The fourth-order valence-electron chi connectivity index (χ4n) is 4.20. The molecule has 1 unspecified atom stereocenters. The van der Waals surface area contributed by atoms with E-state index in [1.54, 1.807) is 23.6 Å². The number of methoxy groups -OCH3 is 1. The zero-order valence-electron chi connectivity index (χ0n) is 19.9. The van der Waals surface area contributed by atoms with Crippen LogP contribution in [0.15, 0.2) is 18.2 Å². The number of ether oxygens (including phenoxy) is 3. The van der Waals surface area contributed by atoms with Gasteiger partial charge in [-0.05, 0) is 38.5 Å². The summed E-state index contributed by atoms with van der Waals surface area (Å²) in [6, 6.07) is 5.35. The summed E-state index contributed by atoms with van der Waals surface area (Å²) < 4.78 is 15.7. The average molecular weight is 465 g/mol. The summed E-state index contributed by atoms with van der Waals surface area (Å²) >= 11 is 0. The molecule has 4 N–H and O–H groups in total. The molecule has 0 bridgehead atoms. The van der Waals surface area contributed by atoms with Gasteiger partial charge in [-0.3, -0.25) is 9.80 Å². The van der Waals surface area contributed by atoms with Gasteiger partial charge in [0.05, 0.1) is 62.4 Å². The number of hydrogen-bond donors (Lipinski definition) is 3. The van der Waals surface area contributed by atoms with Crippen LogP contribution in [0.2, 0.25) is 0 Å². The molecule has 1 aromatic rings. The SMILES string of the molecule is COC(=O)N1c2ccc(C(CN)CNCC3(CO)COC3)cc2N(C(=O)OC(C)C)C[C@@H]1C. The standard InChI is InChI=1S/C23H36N4O6/c1-15(2)33-21(29)26-10-16(3)27(22(30)31-4)19-6-5-17(7-20(19)26)18(8-24)9-25-11-23(12-28)13-32-14-23/h5-7,15-16,18,25,28H,8-14,24H2,1-4H3/t16-,18?/m0/s1. The van der Waals surface area contributed by atoms with Crippen molar-refractivity contribution in [3.05, 3.63) is 23.8 Å². The number of anilines is 2. The van der Waals surface area contributed by atoms with Crippen molar-refractivity contribution in [3.63, 3.8) is 0 Å². The van der Waals surface area contributed by atoms with Crippen LogP contribution in [0, 0.1) is 5.41 Å². The van der Waals surface area contributed by atoms with Gasteiger partial charge in [-0.15, -0.1) is 0 Å². The van der Waals surface area contributed by atoms with Gasteiger partial charge in [-0.25, -0.2) is 9.59 Å².